The van der Waals surface area contributed by atoms with Gasteiger partial charge in [0.15, 0.2) is 0 Å². The van der Waals surface area contributed by atoms with Gasteiger partial charge in [0.25, 0.3) is 0 Å². The van der Waals surface area contributed by atoms with Crippen molar-refractivity contribution in [2.24, 2.45) is 0 Å². The molecule has 0 saturated carbocycles. The number of nitrogens with two attached hydrogens (primary N) is 1. The van der Waals surface area contributed by atoms with Gasteiger partial charge in [-0.2, -0.15) is 0 Å². The zero-order chi connectivity index (χ0) is 14.4. The number of hydrogen-bond donors (Lipinski definition) is 2. The van der Waals surface area contributed by atoms with E-state index in [4.69, 9.17) is 5.73 Å². The number of nitrogens with one attached hydrogen (secondary N) is 1. The highest BCUT2D eigenvalue weighted by Crippen LogP contribution is 2.21. The van der Waals surface area contributed by atoms with E-state index in [1.54, 1.807) is 6.07 Å². The molecule has 3 N–H and O–H groups in total. The van der Waals surface area contributed by atoms with E-state index in [-0.39, 0.29) is 5.91 Å². The van der Waals surface area contributed by atoms with E-state index >= 15 is 0 Å². The van der Waals surface area contributed by atoms with Gasteiger partial charge in [0.05, 0.1) is 17.9 Å². The minimum absolute atomic E-state index is 0.0332. The van der Waals surface area contributed by atoms with Crippen LogP contribution in [0, 0.1) is 0 Å². The Bertz CT molecular complexity index is 445. The number of carbonyl (C=O) groups excluding carboxylic acids is 1. The molecule has 110 valence electrons. The van der Waals surface area contributed by atoms with E-state index in [0.29, 0.717) is 24.0 Å². The summed E-state index contributed by atoms with van der Waals surface area (Å²) in [5.74, 6) is 0.0332. The molecule has 1 heterocycles. The van der Waals surface area contributed by atoms with Crippen LogP contribution in [0.1, 0.15) is 39.0 Å². The highest BCUT2D eigenvalue weighted by molar-refractivity contribution is 5.95. The van der Waals surface area contributed by atoms with E-state index in [1.165, 1.54) is 32.1 Å². The van der Waals surface area contributed by atoms with E-state index < -0.39 is 0 Å². The van der Waals surface area contributed by atoms with Gasteiger partial charge in [-0.15, -0.1) is 0 Å². The maximum atomic E-state index is 12.2. The Morgan fingerprint density at radius 3 is 2.95 bits per heavy atom. The van der Waals surface area contributed by atoms with Gasteiger partial charge >= 0.3 is 0 Å². The summed E-state index contributed by atoms with van der Waals surface area (Å²) in [6.45, 7) is 3.71. The second-order valence-corrected chi connectivity index (χ2v) is 5.54. The average molecular weight is 275 g/mol. The largest absolute Gasteiger partial charge is 0.397 e. The molecule has 4 heteroatoms. The topological polar surface area (TPSA) is 58.4 Å². The lowest BCUT2D eigenvalue weighted by molar-refractivity contribution is -0.118. The summed E-state index contributed by atoms with van der Waals surface area (Å²) < 4.78 is 0. The number of nitrogens with zero attached hydrogens (tertiary/aromatic N) is 1. The number of amides is 1. The molecule has 1 fully saturated rings. The van der Waals surface area contributed by atoms with Crippen LogP contribution in [-0.4, -0.2) is 29.9 Å². The SMILES string of the molecule is CCCC1CCCCN1CC(=O)Nc1ccccc1N. The van der Waals surface area contributed by atoms with Crippen molar-refractivity contribution < 1.29 is 4.79 Å². The Morgan fingerprint density at radius 2 is 2.20 bits per heavy atom. The average Bonchev–Trinajstić information content (AvgIpc) is 2.44. The quantitative estimate of drug-likeness (QED) is 0.812. The van der Waals surface area contributed by atoms with Crippen LogP contribution in [0.25, 0.3) is 0 Å². The molecule has 20 heavy (non-hydrogen) atoms. The van der Waals surface area contributed by atoms with Gasteiger partial charge in [-0.3, -0.25) is 9.69 Å². The van der Waals surface area contributed by atoms with Crippen LogP contribution >= 0.6 is 0 Å². The van der Waals surface area contributed by atoms with Crippen molar-refractivity contribution in [3.8, 4) is 0 Å². The fourth-order valence-corrected chi connectivity index (χ4v) is 2.91. The predicted octanol–water partition coefficient (Wildman–Crippen LogP) is 2.86. The highest BCUT2D eigenvalue weighted by atomic mass is 16.2. The third kappa shape index (κ3) is 3.97. The molecule has 1 aliphatic heterocycles. The molecule has 1 aromatic rings. The van der Waals surface area contributed by atoms with Crippen LogP contribution in [0.15, 0.2) is 24.3 Å². The maximum absolute atomic E-state index is 12.2. The van der Waals surface area contributed by atoms with E-state index in [2.05, 4.69) is 17.1 Å². The molecule has 1 unspecified atom stereocenters. The molecular weight excluding hydrogens is 250 g/mol. The highest BCUT2D eigenvalue weighted by Gasteiger charge is 2.23. The Hall–Kier alpha value is -1.55. The van der Waals surface area contributed by atoms with Gasteiger partial charge in [0, 0.05) is 6.04 Å². The zero-order valence-corrected chi connectivity index (χ0v) is 12.3. The molecule has 1 atom stereocenters. The number of hydrogen-bond acceptors (Lipinski definition) is 3. The molecule has 1 saturated heterocycles. The summed E-state index contributed by atoms with van der Waals surface area (Å²) >= 11 is 0. The lowest BCUT2D eigenvalue weighted by Crippen LogP contribution is -2.43. The fraction of sp³-hybridized carbons (Fsp3) is 0.562. The molecule has 0 bridgehead atoms. The molecule has 1 aliphatic rings. The molecule has 0 aliphatic carbocycles. The number of piperidine rings is 1. The Balaban J connectivity index is 1.91. The van der Waals surface area contributed by atoms with E-state index in [1.807, 2.05) is 18.2 Å². The number of para-hydroxylation sites is 2. The fourth-order valence-electron chi connectivity index (χ4n) is 2.91. The summed E-state index contributed by atoms with van der Waals surface area (Å²) in [5.41, 5.74) is 7.17. The second-order valence-electron chi connectivity index (χ2n) is 5.54. The minimum atomic E-state index is 0.0332. The van der Waals surface area contributed by atoms with Crippen LogP contribution in [0.3, 0.4) is 0 Å². The summed E-state index contributed by atoms with van der Waals surface area (Å²) in [6.07, 6.45) is 6.05. The van der Waals surface area contributed by atoms with Crippen molar-refractivity contribution in [2.45, 2.75) is 45.1 Å². The molecular formula is C16H25N3O. The van der Waals surface area contributed by atoms with Crippen molar-refractivity contribution in [3.05, 3.63) is 24.3 Å². The maximum Gasteiger partial charge on any atom is 0.238 e. The van der Waals surface area contributed by atoms with Gasteiger partial charge in [-0.05, 0) is 37.9 Å². The van der Waals surface area contributed by atoms with E-state index in [0.717, 1.165) is 6.54 Å². The molecule has 0 spiro atoms. The lowest BCUT2D eigenvalue weighted by Gasteiger charge is -2.35. The first-order valence-electron chi connectivity index (χ1n) is 7.59. The van der Waals surface area contributed by atoms with Gasteiger partial charge in [0.2, 0.25) is 5.91 Å². The number of benzene rings is 1. The van der Waals surface area contributed by atoms with Gasteiger partial charge in [0.1, 0.15) is 0 Å². The number of carbonyl (C=O) groups is 1. The summed E-state index contributed by atoms with van der Waals surface area (Å²) in [4.78, 5) is 14.5. The Kier molecular flexibility index (Phi) is 5.41. The summed E-state index contributed by atoms with van der Waals surface area (Å²) in [7, 11) is 0. The van der Waals surface area contributed by atoms with Crippen molar-refractivity contribution in [1.29, 1.82) is 0 Å². The standard InChI is InChI=1S/C16H25N3O/c1-2-7-13-8-5-6-11-19(13)12-16(20)18-15-10-4-3-9-14(15)17/h3-4,9-10,13H,2,5-8,11-12,17H2,1H3,(H,18,20). The second kappa shape index (κ2) is 7.29. The molecule has 4 nitrogen and oxygen atoms in total. The Labute approximate surface area is 121 Å². The first-order chi connectivity index (χ1) is 9.70. The van der Waals surface area contributed by atoms with E-state index in [9.17, 15) is 4.79 Å². The third-order valence-electron chi connectivity index (χ3n) is 3.95. The van der Waals surface area contributed by atoms with Crippen LogP contribution in [0.2, 0.25) is 0 Å². The smallest absolute Gasteiger partial charge is 0.238 e. The molecule has 1 amide bonds. The number of nitrogen functional groups attached to an aromatic ring is 1. The summed E-state index contributed by atoms with van der Waals surface area (Å²) in [6, 6.07) is 7.95. The van der Waals surface area contributed by atoms with Crippen molar-refractivity contribution >= 4 is 17.3 Å². The monoisotopic (exact) mass is 275 g/mol. The van der Waals surface area contributed by atoms with Crippen molar-refractivity contribution in [1.82, 2.24) is 4.90 Å². The van der Waals surface area contributed by atoms with Crippen molar-refractivity contribution in [3.63, 3.8) is 0 Å². The van der Waals surface area contributed by atoms with Crippen molar-refractivity contribution in [2.75, 3.05) is 24.1 Å². The minimum Gasteiger partial charge on any atom is -0.397 e. The molecule has 1 aromatic carbocycles. The van der Waals surface area contributed by atoms with Crippen LogP contribution in [-0.2, 0) is 4.79 Å². The zero-order valence-electron chi connectivity index (χ0n) is 12.3. The first kappa shape index (κ1) is 14.9. The molecule has 0 radical (unpaired) electrons. The van der Waals surface area contributed by atoms with Crippen LogP contribution in [0.5, 0.6) is 0 Å². The predicted molar refractivity (Wildman–Crippen MR) is 83.6 cm³/mol. The number of rotatable bonds is 5. The first-order valence-corrected chi connectivity index (χ1v) is 7.59. The van der Waals surface area contributed by atoms with Gasteiger partial charge in [-0.25, -0.2) is 0 Å². The third-order valence-corrected chi connectivity index (χ3v) is 3.95. The number of likely N-dealkylation sites (tertiary alicyclic amines) is 1. The normalized spacial score (nSPS) is 19.8. The molecule has 0 aromatic heterocycles. The Morgan fingerprint density at radius 1 is 1.40 bits per heavy atom. The summed E-state index contributed by atoms with van der Waals surface area (Å²) in [5, 5.41) is 2.91. The van der Waals surface area contributed by atoms with Crippen LogP contribution < -0.4 is 11.1 Å². The van der Waals surface area contributed by atoms with Gasteiger partial charge < -0.3 is 11.1 Å². The number of anilines is 2. The van der Waals surface area contributed by atoms with Gasteiger partial charge in [-0.1, -0.05) is 31.9 Å². The van der Waals surface area contributed by atoms with Crippen LogP contribution in [0.4, 0.5) is 11.4 Å². The molecule has 2 rings (SSSR count). The lowest BCUT2D eigenvalue weighted by atomic mass is 9.98.